The zero-order valence-corrected chi connectivity index (χ0v) is 14.5. The molecule has 4 heteroatoms. The lowest BCUT2D eigenvalue weighted by Crippen LogP contribution is -2.30. The first kappa shape index (κ1) is 18.8. The lowest BCUT2D eigenvalue weighted by Gasteiger charge is -2.25. The van der Waals surface area contributed by atoms with Crippen LogP contribution in [0.1, 0.15) is 33.3 Å². The number of nitrogens with one attached hydrogen (secondary N) is 1. The minimum atomic E-state index is -0.325. The summed E-state index contributed by atoms with van der Waals surface area (Å²) in [5.74, 6) is 0.614. The molecular weight excluding hydrogens is 286 g/mol. The average Bonchev–Trinajstić information content (AvgIpc) is 2.50. The first-order valence-electron chi connectivity index (χ1n) is 8.10. The molecule has 0 spiro atoms. The maximum atomic E-state index is 12.2. The number of amides is 1. The van der Waals surface area contributed by atoms with Gasteiger partial charge in [-0.1, -0.05) is 58.0 Å². The Morgan fingerprint density at radius 2 is 1.74 bits per heavy atom. The molecule has 0 saturated carbocycles. The predicted octanol–water partition coefficient (Wildman–Crippen LogP) is 3.32. The van der Waals surface area contributed by atoms with E-state index in [0.29, 0.717) is 18.4 Å². The van der Waals surface area contributed by atoms with Crippen LogP contribution in [0.2, 0.25) is 0 Å². The van der Waals surface area contributed by atoms with Gasteiger partial charge in [0, 0.05) is 25.8 Å². The first-order chi connectivity index (χ1) is 10.9. The van der Waals surface area contributed by atoms with Crippen molar-refractivity contribution in [1.82, 2.24) is 10.2 Å². The van der Waals surface area contributed by atoms with Crippen LogP contribution in [-0.4, -0.2) is 23.9 Å². The van der Waals surface area contributed by atoms with Gasteiger partial charge >= 0.3 is 0 Å². The standard InChI is InChI=1S/C19H27N3O/c1-15(2)12-22(13-16(3)4)14-18(10-20)19(23)21-11-17-8-6-5-7-9-17/h5-9,14-16H,11-13H2,1-4H3,(H,21,23)/b18-14-. The molecule has 0 unspecified atom stereocenters. The van der Waals surface area contributed by atoms with Gasteiger partial charge in [0.1, 0.15) is 11.6 Å². The van der Waals surface area contributed by atoms with Crippen molar-refractivity contribution in [3.05, 3.63) is 47.7 Å². The Hall–Kier alpha value is -2.28. The fraction of sp³-hybridized carbons (Fsp3) is 0.474. The molecule has 1 rings (SSSR count). The largest absolute Gasteiger partial charge is 0.376 e. The molecular formula is C19H27N3O. The normalized spacial score (nSPS) is 11.4. The van der Waals surface area contributed by atoms with Gasteiger partial charge in [-0.3, -0.25) is 4.79 Å². The van der Waals surface area contributed by atoms with Gasteiger partial charge in [0.05, 0.1) is 0 Å². The molecule has 23 heavy (non-hydrogen) atoms. The molecule has 1 amide bonds. The summed E-state index contributed by atoms with van der Waals surface area (Å²) in [5, 5.41) is 12.1. The number of carbonyl (C=O) groups excluding carboxylic acids is 1. The lowest BCUT2D eigenvalue weighted by atomic mass is 10.1. The maximum absolute atomic E-state index is 12.2. The third kappa shape index (κ3) is 7.51. The van der Waals surface area contributed by atoms with Gasteiger partial charge in [-0.05, 0) is 17.4 Å². The van der Waals surface area contributed by atoms with Gasteiger partial charge in [-0.2, -0.15) is 5.26 Å². The van der Waals surface area contributed by atoms with Crippen molar-refractivity contribution in [3.63, 3.8) is 0 Å². The second-order valence-corrected chi connectivity index (χ2v) is 6.56. The average molecular weight is 313 g/mol. The summed E-state index contributed by atoms with van der Waals surface area (Å²) in [6.07, 6.45) is 1.69. The van der Waals surface area contributed by atoms with E-state index in [1.165, 1.54) is 0 Å². The monoisotopic (exact) mass is 313 g/mol. The van der Waals surface area contributed by atoms with Crippen molar-refractivity contribution in [2.24, 2.45) is 11.8 Å². The van der Waals surface area contributed by atoms with E-state index in [-0.39, 0.29) is 11.5 Å². The second kappa shape index (κ2) is 9.68. The summed E-state index contributed by atoms with van der Waals surface area (Å²) < 4.78 is 0. The van der Waals surface area contributed by atoms with Crippen LogP contribution in [0, 0.1) is 23.2 Å². The van der Waals surface area contributed by atoms with Gasteiger partial charge < -0.3 is 10.2 Å². The van der Waals surface area contributed by atoms with Crippen LogP contribution in [-0.2, 0) is 11.3 Å². The van der Waals surface area contributed by atoms with Gasteiger partial charge in [0.2, 0.25) is 0 Å². The van der Waals surface area contributed by atoms with E-state index in [9.17, 15) is 10.1 Å². The Morgan fingerprint density at radius 3 is 2.22 bits per heavy atom. The molecule has 0 saturated heterocycles. The van der Waals surface area contributed by atoms with Crippen molar-refractivity contribution in [1.29, 1.82) is 5.26 Å². The van der Waals surface area contributed by atoms with Crippen LogP contribution in [0.4, 0.5) is 0 Å². The van der Waals surface area contributed by atoms with E-state index in [1.807, 2.05) is 36.4 Å². The van der Waals surface area contributed by atoms with Crippen LogP contribution >= 0.6 is 0 Å². The maximum Gasteiger partial charge on any atom is 0.263 e. The number of nitrogens with zero attached hydrogens (tertiary/aromatic N) is 2. The summed E-state index contributed by atoms with van der Waals surface area (Å²) in [7, 11) is 0. The molecule has 0 radical (unpaired) electrons. The van der Waals surface area contributed by atoms with Crippen LogP contribution in [0.3, 0.4) is 0 Å². The highest BCUT2D eigenvalue weighted by atomic mass is 16.1. The van der Waals surface area contributed by atoms with Crippen molar-refractivity contribution >= 4 is 5.91 Å². The highest BCUT2D eigenvalue weighted by molar-refractivity contribution is 5.97. The summed E-state index contributed by atoms with van der Waals surface area (Å²) in [6.45, 7) is 10.6. The molecule has 124 valence electrons. The summed E-state index contributed by atoms with van der Waals surface area (Å²) >= 11 is 0. The van der Waals surface area contributed by atoms with E-state index in [1.54, 1.807) is 6.20 Å². The second-order valence-electron chi connectivity index (χ2n) is 6.56. The van der Waals surface area contributed by atoms with Crippen LogP contribution in [0.25, 0.3) is 0 Å². The minimum Gasteiger partial charge on any atom is -0.376 e. The minimum absolute atomic E-state index is 0.155. The van der Waals surface area contributed by atoms with E-state index in [2.05, 4.69) is 37.9 Å². The Labute approximate surface area is 139 Å². The molecule has 0 aliphatic carbocycles. The van der Waals surface area contributed by atoms with E-state index >= 15 is 0 Å². The quantitative estimate of drug-likeness (QED) is 0.591. The zero-order chi connectivity index (χ0) is 17.2. The topological polar surface area (TPSA) is 56.1 Å². The highest BCUT2D eigenvalue weighted by Crippen LogP contribution is 2.07. The Balaban J connectivity index is 2.74. The molecule has 0 aromatic heterocycles. The molecule has 0 atom stereocenters. The van der Waals surface area contributed by atoms with E-state index in [0.717, 1.165) is 18.7 Å². The van der Waals surface area contributed by atoms with Crippen molar-refractivity contribution in [2.45, 2.75) is 34.2 Å². The van der Waals surface area contributed by atoms with E-state index < -0.39 is 0 Å². The van der Waals surface area contributed by atoms with Crippen molar-refractivity contribution in [3.8, 4) is 6.07 Å². The Morgan fingerprint density at radius 1 is 1.17 bits per heavy atom. The van der Waals surface area contributed by atoms with Gasteiger partial charge in [0.15, 0.2) is 0 Å². The molecule has 0 heterocycles. The van der Waals surface area contributed by atoms with E-state index in [4.69, 9.17) is 0 Å². The molecule has 0 fully saturated rings. The van der Waals surface area contributed by atoms with Crippen LogP contribution in [0.15, 0.2) is 42.1 Å². The molecule has 0 aliphatic heterocycles. The van der Waals surface area contributed by atoms with Gasteiger partial charge in [-0.15, -0.1) is 0 Å². The number of rotatable bonds is 8. The third-order valence-corrected chi connectivity index (χ3v) is 3.17. The Kier molecular flexibility index (Phi) is 7.90. The number of carbonyl (C=O) groups is 1. The summed E-state index contributed by atoms with van der Waals surface area (Å²) in [5.41, 5.74) is 1.17. The number of hydrogen-bond donors (Lipinski definition) is 1. The third-order valence-electron chi connectivity index (χ3n) is 3.17. The smallest absolute Gasteiger partial charge is 0.263 e. The van der Waals surface area contributed by atoms with Crippen LogP contribution < -0.4 is 5.32 Å². The molecule has 0 bridgehead atoms. The zero-order valence-electron chi connectivity index (χ0n) is 14.5. The Bertz CT molecular complexity index is 546. The number of hydrogen-bond acceptors (Lipinski definition) is 3. The molecule has 1 N–H and O–H groups in total. The molecule has 0 aliphatic rings. The predicted molar refractivity (Wildman–Crippen MR) is 93.2 cm³/mol. The van der Waals surface area contributed by atoms with Crippen molar-refractivity contribution in [2.75, 3.05) is 13.1 Å². The van der Waals surface area contributed by atoms with Crippen molar-refractivity contribution < 1.29 is 4.79 Å². The highest BCUT2D eigenvalue weighted by Gasteiger charge is 2.13. The van der Waals surface area contributed by atoms with Crippen LogP contribution in [0.5, 0.6) is 0 Å². The SMILES string of the molecule is CC(C)CN(/C=C(/C#N)C(=O)NCc1ccccc1)CC(C)C. The fourth-order valence-electron chi connectivity index (χ4n) is 2.31. The summed E-state index contributed by atoms with van der Waals surface area (Å²) in [4.78, 5) is 14.3. The fourth-order valence-corrected chi connectivity index (χ4v) is 2.31. The van der Waals surface area contributed by atoms with Gasteiger partial charge in [-0.25, -0.2) is 0 Å². The lowest BCUT2D eigenvalue weighted by molar-refractivity contribution is -0.117. The number of nitriles is 1. The molecule has 4 nitrogen and oxygen atoms in total. The first-order valence-corrected chi connectivity index (χ1v) is 8.10. The molecule has 1 aromatic rings. The molecule has 1 aromatic carbocycles. The summed E-state index contributed by atoms with van der Waals surface area (Å²) in [6, 6.07) is 11.7. The number of benzene rings is 1. The van der Waals surface area contributed by atoms with Gasteiger partial charge in [0.25, 0.3) is 5.91 Å².